The quantitative estimate of drug-likeness (QED) is 0.410. The molecule has 1 N–H and O–H groups in total. The third kappa shape index (κ3) is 6.25. The number of carboxylic acids is 1. The van der Waals surface area contributed by atoms with Gasteiger partial charge in [0.25, 0.3) is 0 Å². The Morgan fingerprint density at radius 1 is 0.857 bits per heavy atom. The van der Waals surface area contributed by atoms with E-state index < -0.39 is 12.1 Å². The van der Waals surface area contributed by atoms with Crippen molar-refractivity contribution in [1.82, 2.24) is 0 Å². The van der Waals surface area contributed by atoms with Crippen LogP contribution in [-0.4, -0.2) is 42.3 Å². The van der Waals surface area contributed by atoms with Gasteiger partial charge < -0.3 is 19.3 Å². The van der Waals surface area contributed by atoms with Crippen molar-refractivity contribution in [3.8, 4) is 11.5 Å². The van der Waals surface area contributed by atoms with Gasteiger partial charge >= 0.3 is 5.97 Å². The van der Waals surface area contributed by atoms with E-state index in [2.05, 4.69) is 0 Å². The maximum absolute atomic E-state index is 13.1. The number of ketones is 1. The molecule has 0 saturated heterocycles. The monoisotopic (exact) mass is 478 g/mol. The Morgan fingerprint density at radius 2 is 1.34 bits per heavy atom. The molecule has 6 nitrogen and oxygen atoms in total. The van der Waals surface area contributed by atoms with Gasteiger partial charge in [-0.1, -0.05) is 12.1 Å². The van der Waals surface area contributed by atoms with E-state index in [-0.39, 0.29) is 30.2 Å². The molecule has 7 heteroatoms. The molecule has 4 rings (SSSR count). The smallest absolute Gasteiger partial charge is 0.333 e. The molecule has 0 spiro atoms. The van der Waals surface area contributed by atoms with Crippen LogP contribution in [0.1, 0.15) is 40.7 Å². The topological polar surface area (TPSA) is 82.1 Å². The molecular weight excluding hydrogens is 451 g/mol. The molecule has 1 fully saturated rings. The Bertz CT molecular complexity index is 1140. The molecule has 0 amide bonds. The first-order chi connectivity index (χ1) is 16.9. The fourth-order valence-corrected chi connectivity index (χ4v) is 4.15. The highest BCUT2D eigenvalue weighted by Crippen LogP contribution is 2.29. The Morgan fingerprint density at radius 3 is 1.83 bits per heavy atom. The van der Waals surface area contributed by atoms with Crippen molar-refractivity contribution in [2.24, 2.45) is 0 Å². The van der Waals surface area contributed by atoms with Crippen molar-refractivity contribution in [2.75, 3.05) is 7.11 Å². The number of rotatable bonds is 10. The summed E-state index contributed by atoms with van der Waals surface area (Å²) in [6.07, 6.45) is 1.84. The number of benzene rings is 3. The lowest BCUT2D eigenvalue weighted by molar-refractivity contribution is -0.148. The molecule has 3 aromatic carbocycles. The number of hydrogen-bond acceptors (Lipinski definition) is 5. The van der Waals surface area contributed by atoms with Crippen molar-refractivity contribution < 1.29 is 33.3 Å². The van der Waals surface area contributed by atoms with E-state index in [9.17, 15) is 14.0 Å². The average molecular weight is 479 g/mol. The highest BCUT2D eigenvalue weighted by molar-refractivity contribution is 6.09. The Kier molecular flexibility index (Phi) is 7.77. The zero-order valence-corrected chi connectivity index (χ0v) is 19.4. The van der Waals surface area contributed by atoms with E-state index in [4.69, 9.17) is 19.3 Å². The molecule has 3 aromatic rings. The largest absolute Gasteiger partial charge is 0.487 e. The predicted molar refractivity (Wildman–Crippen MR) is 128 cm³/mol. The van der Waals surface area contributed by atoms with Crippen LogP contribution in [-0.2, 0) is 16.0 Å². The number of carbonyl (C=O) groups is 2. The summed E-state index contributed by atoms with van der Waals surface area (Å²) < 4.78 is 30.4. The van der Waals surface area contributed by atoms with Gasteiger partial charge in [0.2, 0.25) is 0 Å². The molecular formula is C28H27FO6. The van der Waals surface area contributed by atoms with Crippen LogP contribution in [0.2, 0.25) is 0 Å². The van der Waals surface area contributed by atoms with Crippen molar-refractivity contribution in [2.45, 2.75) is 44.0 Å². The first kappa shape index (κ1) is 24.4. The maximum Gasteiger partial charge on any atom is 0.333 e. The Labute approximate surface area is 203 Å². The number of methoxy groups -OCH3 is 1. The summed E-state index contributed by atoms with van der Waals surface area (Å²) in [7, 11) is 1.38. The summed E-state index contributed by atoms with van der Waals surface area (Å²) in [5.41, 5.74) is 1.78. The van der Waals surface area contributed by atoms with Crippen LogP contribution < -0.4 is 9.47 Å². The molecule has 1 aliphatic carbocycles. The van der Waals surface area contributed by atoms with Crippen LogP contribution in [0, 0.1) is 5.82 Å². The van der Waals surface area contributed by atoms with E-state index in [0.717, 1.165) is 24.8 Å². The third-order valence-corrected chi connectivity index (χ3v) is 6.09. The highest BCUT2D eigenvalue weighted by atomic mass is 19.1. The first-order valence-corrected chi connectivity index (χ1v) is 11.5. The molecule has 0 aliphatic heterocycles. The van der Waals surface area contributed by atoms with Crippen LogP contribution in [0.25, 0.3) is 0 Å². The zero-order chi connectivity index (χ0) is 24.8. The van der Waals surface area contributed by atoms with Gasteiger partial charge in [0, 0.05) is 24.7 Å². The van der Waals surface area contributed by atoms with Gasteiger partial charge in [-0.3, -0.25) is 4.79 Å². The van der Waals surface area contributed by atoms with E-state index in [1.807, 2.05) is 24.3 Å². The number of hydrogen-bond donors (Lipinski definition) is 1. The predicted octanol–water partition coefficient (Wildman–Crippen LogP) is 5.08. The average Bonchev–Trinajstić information content (AvgIpc) is 3.30. The summed E-state index contributed by atoms with van der Waals surface area (Å²) in [6.45, 7) is 0. The lowest BCUT2D eigenvalue weighted by atomic mass is 10.0. The normalized spacial score (nSPS) is 18.1. The molecule has 182 valence electrons. The second-order valence-corrected chi connectivity index (χ2v) is 8.51. The first-order valence-electron chi connectivity index (χ1n) is 11.5. The minimum Gasteiger partial charge on any atom is -0.487 e. The lowest BCUT2D eigenvalue weighted by Crippen LogP contribution is -2.31. The van der Waals surface area contributed by atoms with Gasteiger partial charge in [0.1, 0.15) is 29.5 Å². The number of carbonyl (C=O) groups excluding carboxylic acids is 1. The van der Waals surface area contributed by atoms with Crippen LogP contribution in [0.15, 0.2) is 72.8 Å². The standard InChI is InChI=1S/C28H27FO6/c1-33-26(28(31)32)17-18-5-13-22(14-6-18)34-24-3-2-4-25(24)35-23-15-9-20(10-16-23)27(30)19-7-11-21(29)12-8-19/h5-16,24-26H,2-4,17H2,1H3,(H,31,32)/t24-,25-,26+/m1/s1. The van der Waals surface area contributed by atoms with Crippen molar-refractivity contribution >= 4 is 11.8 Å². The van der Waals surface area contributed by atoms with Gasteiger partial charge in [-0.2, -0.15) is 0 Å². The van der Waals surface area contributed by atoms with Crippen LogP contribution in [0.4, 0.5) is 4.39 Å². The fourth-order valence-electron chi connectivity index (χ4n) is 4.15. The second-order valence-electron chi connectivity index (χ2n) is 8.51. The van der Waals surface area contributed by atoms with Gasteiger partial charge in [-0.05, 0) is 85.5 Å². The van der Waals surface area contributed by atoms with Gasteiger partial charge in [0.15, 0.2) is 11.9 Å². The minimum atomic E-state index is -0.994. The molecule has 0 heterocycles. The molecule has 3 atom stereocenters. The minimum absolute atomic E-state index is 0.118. The van der Waals surface area contributed by atoms with E-state index in [0.29, 0.717) is 22.6 Å². The third-order valence-electron chi connectivity index (χ3n) is 6.09. The molecule has 0 radical (unpaired) electrons. The summed E-state index contributed by atoms with van der Waals surface area (Å²) in [6, 6.07) is 19.7. The Hall–Kier alpha value is -3.71. The fraction of sp³-hybridized carbons (Fsp3) is 0.286. The summed E-state index contributed by atoms with van der Waals surface area (Å²) in [5, 5.41) is 9.14. The number of carboxylic acid groups (broad SMARTS) is 1. The van der Waals surface area contributed by atoms with Gasteiger partial charge in [0.05, 0.1) is 0 Å². The van der Waals surface area contributed by atoms with Crippen LogP contribution >= 0.6 is 0 Å². The van der Waals surface area contributed by atoms with Crippen molar-refractivity contribution in [1.29, 1.82) is 0 Å². The van der Waals surface area contributed by atoms with Crippen molar-refractivity contribution in [3.05, 3.63) is 95.3 Å². The van der Waals surface area contributed by atoms with Gasteiger partial charge in [-0.15, -0.1) is 0 Å². The molecule has 35 heavy (non-hydrogen) atoms. The van der Waals surface area contributed by atoms with E-state index in [1.54, 1.807) is 24.3 Å². The number of ether oxygens (including phenoxy) is 3. The maximum atomic E-state index is 13.1. The zero-order valence-electron chi connectivity index (χ0n) is 19.4. The molecule has 0 aromatic heterocycles. The van der Waals surface area contributed by atoms with E-state index >= 15 is 0 Å². The molecule has 0 unspecified atom stereocenters. The van der Waals surface area contributed by atoms with E-state index in [1.165, 1.54) is 31.4 Å². The second kappa shape index (κ2) is 11.1. The van der Waals surface area contributed by atoms with Gasteiger partial charge in [-0.25, -0.2) is 9.18 Å². The lowest BCUT2D eigenvalue weighted by Gasteiger charge is -2.23. The Balaban J connectivity index is 1.35. The van der Waals surface area contributed by atoms with Crippen LogP contribution in [0.3, 0.4) is 0 Å². The number of aliphatic carboxylic acids is 1. The van der Waals surface area contributed by atoms with Crippen LogP contribution in [0.5, 0.6) is 11.5 Å². The number of halogens is 1. The summed E-state index contributed by atoms with van der Waals surface area (Å²) >= 11 is 0. The van der Waals surface area contributed by atoms with Crippen molar-refractivity contribution in [3.63, 3.8) is 0 Å². The molecule has 1 aliphatic rings. The molecule has 0 bridgehead atoms. The summed E-state index contributed by atoms with van der Waals surface area (Å²) in [4.78, 5) is 23.7. The summed E-state index contributed by atoms with van der Waals surface area (Å²) in [5.74, 6) is -0.212. The molecule has 1 saturated carbocycles. The highest BCUT2D eigenvalue weighted by Gasteiger charge is 2.31. The SMILES string of the molecule is CO[C@@H](Cc1ccc(O[C@@H]2CCC[C@H]2Oc2ccc(C(=O)c3ccc(F)cc3)cc2)cc1)C(=O)O.